The summed E-state index contributed by atoms with van der Waals surface area (Å²) in [5.41, 5.74) is 2.53. The highest BCUT2D eigenvalue weighted by Crippen LogP contribution is 2.17. The first-order valence-electron chi connectivity index (χ1n) is 8.62. The molecule has 6 heteroatoms. The Morgan fingerprint density at radius 1 is 1.07 bits per heavy atom. The highest BCUT2D eigenvalue weighted by atomic mass is 32.1. The number of hydrogen-bond donors (Lipinski definition) is 2. The number of aryl methyl sites for hydroxylation is 1. The van der Waals surface area contributed by atoms with Gasteiger partial charge in [0.15, 0.2) is 5.11 Å². The van der Waals surface area contributed by atoms with Crippen molar-refractivity contribution in [3.05, 3.63) is 84.2 Å². The molecule has 0 bridgehead atoms. The van der Waals surface area contributed by atoms with E-state index in [1.165, 1.54) is 5.56 Å². The lowest BCUT2D eigenvalue weighted by atomic mass is 10.2. The Morgan fingerprint density at radius 3 is 2.63 bits per heavy atom. The Bertz CT molecular complexity index is 922. The lowest BCUT2D eigenvalue weighted by molar-refractivity contribution is 0.0970. The second-order valence-corrected chi connectivity index (χ2v) is 6.43. The lowest BCUT2D eigenvalue weighted by Crippen LogP contribution is -2.35. The molecule has 0 radical (unpaired) electrons. The number of nitrogens with one attached hydrogen (secondary N) is 2. The van der Waals surface area contributed by atoms with E-state index in [1.54, 1.807) is 10.6 Å². The fraction of sp³-hybridized carbons (Fsp3) is 0.143. The number of ether oxygens (including phenoxy) is 1. The number of amides is 1. The van der Waals surface area contributed by atoms with Gasteiger partial charge in [0.2, 0.25) is 0 Å². The van der Waals surface area contributed by atoms with Gasteiger partial charge >= 0.3 is 0 Å². The van der Waals surface area contributed by atoms with E-state index in [2.05, 4.69) is 22.8 Å². The van der Waals surface area contributed by atoms with Crippen molar-refractivity contribution in [2.24, 2.45) is 7.05 Å². The maximum Gasteiger partial charge on any atom is 0.274 e. The molecule has 0 spiro atoms. The molecule has 0 saturated heterocycles. The van der Waals surface area contributed by atoms with Gasteiger partial charge in [0.25, 0.3) is 5.91 Å². The number of benzene rings is 2. The standard InChI is InChI=1S/C21H21N3O2S/c1-24-13-6-11-19(24)20(25)23-21(27)22-17-9-5-10-18(15-17)26-14-12-16-7-3-2-4-8-16/h2-11,13,15H,12,14H2,1H3,(H2,22,23,25,27). The van der Waals surface area contributed by atoms with E-state index in [0.29, 0.717) is 12.3 Å². The van der Waals surface area contributed by atoms with E-state index in [9.17, 15) is 4.79 Å². The van der Waals surface area contributed by atoms with E-state index in [4.69, 9.17) is 17.0 Å². The fourth-order valence-electron chi connectivity index (χ4n) is 2.62. The van der Waals surface area contributed by atoms with Gasteiger partial charge in [-0.1, -0.05) is 36.4 Å². The number of hydrogen-bond acceptors (Lipinski definition) is 3. The van der Waals surface area contributed by atoms with Crippen molar-refractivity contribution in [2.45, 2.75) is 6.42 Å². The van der Waals surface area contributed by atoms with Crippen LogP contribution in [-0.2, 0) is 13.5 Å². The van der Waals surface area contributed by atoms with Crippen molar-refractivity contribution < 1.29 is 9.53 Å². The van der Waals surface area contributed by atoms with Gasteiger partial charge in [-0.25, -0.2) is 0 Å². The molecule has 5 nitrogen and oxygen atoms in total. The summed E-state index contributed by atoms with van der Waals surface area (Å²) in [6.45, 7) is 0.585. The normalized spacial score (nSPS) is 10.3. The Morgan fingerprint density at radius 2 is 1.89 bits per heavy atom. The molecule has 2 N–H and O–H groups in total. The molecule has 0 unspecified atom stereocenters. The largest absolute Gasteiger partial charge is 0.493 e. The minimum Gasteiger partial charge on any atom is -0.493 e. The molecule has 0 aliphatic heterocycles. The Hall–Kier alpha value is -3.12. The molecule has 138 valence electrons. The summed E-state index contributed by atoms with van der Waals surface area (Å²) in [5, 5.41) is 5.93. The molecular weight excluding hydrogens is 358 g/mol. The third kappa shape index (κ3) is 5.43. The Labute approximate surface area is 164 Å². The summed E-state index contributed by atoms with van der Waals surface area (Å²) in [7, 11) is 1.81. The van der Waals surface area contributed by atoms with Crippen molar-refractivity contribution in [1.82, 2.24) is 9.88 Å². The number of carbonyl (C=O) groups is 1. The van der Waals surface area contributed by atoms with Gasteiger partial charge < -0.3 is 14.6 Å². The molecule has 3 rings (SSSR count). The third-order valence-corrected chi connectivity index (χ3v) is 4.20. The van der Waals surface area contributed by atoms with E-state index >= 15 is 0 Å². The monoisotopic (exact) mass is 379 g/mol. The van der Waals surface area contributed by atoms with E-state index < -0.39 is 0 Å². The van der Waals surface area contributed by atoms with Crippen molar-refractivity contribution in [3.8, 4) is 5.75 Å². The summed E-state index contributed by atoms with van der Waals surface area (Å²) in [5.74, 6) is 0.489. The number of anilines is 1. The molecule has 0 saturated carbocycles. The number of carbonyl (C=O) groups excluding carboxylic acids is 1. The summed E-state index contributed by atoms with van der Waals surface area (Å²) < 4.78 is 7.55. The van der Waals surface area contributed by atoms with Crippen LogP contribution in [0.4, 0.5) is 5.69 Å². The first-order valence-corrected chi connectivity index (χ1v) is 9.03. The second kappa shape index (κ2) is 9.00. The third-order valence-electron chi connectivity index (χ3n) is 4.00. The number of nitrogens with zero attached hydrogens (tertiary/aromatic N) is 1. The predicted octanol–water partition coefficient (Wildman–Crippen LogP) is 3.77. The first kappa shape index (κ1) is 18.7. The van der Waals surface area contributed by atoms with Crippen LogP contribution < -0.4 is 15.4 Å². The Balaban J connectivity index is 1.51. The molecule has 2 aromatic carbocycles. The molecule has 0 atom stereocenters. The van der Waals surface area contributed by atoms with Gasteiger partial charge in [-0.3, -0.25) is 10.1 Å². The van der Waals surface area contributed by atoms with E-state index in [-0.39, 0.29) is 11.0 Å². The molecular formula is C21H21N3O2S. The quantitative estimate of drug-likeness (QED) is 0.640. The summed E-state index contributed by atoms with van der Waals surface area (Å²) in [4.78, 5) is 12.2. The van der Waals surface area contributed by atoms with Crippen molar-refractivity contribution in [3.63, 3.8) is 0 Å². The molecule has 1 aromatic heterocycles. The summed E-state index contributed by atoms with van der Waals surface area (Å²) >= 11 is 5.23. The highest BCUT2D eigenvalue weighted by molar-refractivity contribution is 7.80. The molecule has 0 fully saturated rings. The van der Waals surface area contributed by atoms with Crippen LogP contribution in [0.15, 0.2) is 72.9 Å². The minimum atomic E-state index is -0.254. The summed E-state index contributed by atoms with van der Waals surface area (Å²) in [6, 6.07) is 21.2. The fourth-order valence-corrected chi connectivity index (χ4v) is 2.83. The predicted molar refractivity (Wildman–Crippen MR) is 111 cm³/mol. The lowest BCUT2D eigenvalue weighted by Gasteiger charge is -2.12. The summed E-state index contributed by atoms with van der Waals surface area (Å²) in [6.07, 6.45) is 2.64. The molecule has 0 aliphatic rings. The maximum atomic E-state index is 12.2. The zero-order chi connectivity index (χ0) is 19.1. The van der Waals surface area contributed by atoms with Crippen molar-refractivity contribution in [2.75, 3.05) is 11.9 Å². The second-order valence-electron chi connectivity index (χ2n) is 6.02. The van der Waals surface area contributed by atoms with Gasteiger partial charge in [0.05, 0.1) is 6.61 Å². The average Bonchev–Trinajstić information content (AvgIpc) is 3.09. The van der Waals surface area contributed by atoms with Gasteiger partial charge in [-0.05, 0) is 42.0 Å². The van der Waals surface area contributed by atoms with E-state index in [0.717, 1.165) is 17.9 Å². The van der Waals surface area contributed by atoms with Gasteiger partial charge in [0, 0.05) is 31.4 Å². The maximum absolute atomic E-state index is 12.2. The number of thiocarbonyl (C=S) groups is 1. The van der Waals surface area contributed by atoms with Crippen LogP contribution in [-0.4, -0.2) is 22.2 Å². The zero-order valence-electron chi connectivity index (χ0n) is 15.0. The zero-order valence-corrected chi connectivity index (χ0v) is 15.8. The van der Waals surface area contributed by atoms with Crippen LogP contribution in [0.2, 0.25) is 0 Å². The topological polar surface area (TPSA) is 55.3 Å². The molecule has 1 amide bonds. The van der Waals surface area contributed by atoms with Crippen LogP contribution in [0.3, 0.4) is 0 Å². The first-order chi connectivity index (χ1) is 13.1. The highest BCUT2D eigenvalue weighted by Gasteiger charge is 2.10. The average molecular weight is 379 g/mol. The molecule has 0 aliphatic carbocycles. The molecule has 27 heavy (non-hydrogen) atoms. The SMILES string of the molecule is Cn1cccc1C(=O)NC(=S)Nc1cccc(OCCc2ccccc2)c1. The number of rotatable bonds is 6. The van der Waals surface area contributed by atoms with Gasteiger partial charge in [0.1, 0.15) is 11.4 Å². The van der Waals surface area contributed by atoms with Crippen LogP contribution in [0.5, 0.6) is 5.75 Å². The van der Waals surface area contributed by atoms with Crippen molar-refractivity contribution in [1.29, 1.82) is 0 Å². The van der Waals surface area contributed by atoms with Crippen LogP contribution in [0.25, 0.3) is 0 Å². The van der Waals surface area contributed by atoms with Gasteiger partial charge in [-0.15, -0.1) is 0 Å². The van der Waals surface area contributed by atoms with Crippen LogP contribution in [0.1, 0.15) is 16.1 Å². The van der Waals surface area contributed by atoms with Crippen LogP contribution >= 0.6 is 12.2 Å². The number of aromatic nitrogens is 1. The van der Waals surface area contributed by atoms with E-state index in [1.807, 2.05) is 61.8 Å². The molecule has 1 heterocycles. The minimum absolute atomic E-state index is 0.239. The van der Waals surface area contributed by atoms with Gasteiger partial charge in [-0.2, -0.15) is 0 Å². The van der Waals surface area contributed by atoms with Crippen molar-refractivity contribution >= 4 is 28.9 Å². The smallest absolute Gasteiger partial charge is 0.274 e. The van der Waals surface area contributed by atoms with Crippen LogP contribution in [0, 0.1) is 0 Å². The Kier molecular flexibility index (Phi) is 6.22. The molecule has 3 aromatic rings.